The molecule has 0 fully saturated rings. The molecule has 1 heteroatoms. The summed E-state index contributed by atoms with van der Waals surface area (Å²) in [5.74, 6) is 1.68. The van der Waals surface area contributed by atoms with Crippen LogP contribution in [-0.2, 0) is 0 Å². The predicted molar refractivity (Wildman–Crippen MR) is 77.2 cm³/mol. The molecule has 3 aromatic rings. The van der Waals surface area contributed by atoms with Crippen molar-refractivity contribution in [3.05, 3.63) is 84.9 Å². The lowest BCUT2D eigenvalue weighted by molar-refractivity contribution is 0.483. The summed E-state index contributed by atoms with van der Waals surface area (Å²) in [7, 11) is 0. The lowest BCUT2D eigenvalue weighted by Gasteiger charge is -2.07. The third kappa shape index (κ3) is 2.83. The van der Waals surface area contributed by atoms with E-state index < -0.39 is 0 Å². The molecule has 0 N–H and O–H groups in total. The average molecular weight is 245 g/mol. The van der Waals surface area contributed by atoms with Gasteiger partial charge in [0.1, 0.15) is 11.5 Å². The van der Waals surface area contributed by atoms with E-state index >= 15 is 0 Å². The highest BCUT2D eigenvalue weighted by molar-refractivity contribution is 5.64. The van der Waals surface area contributed by atoms with Crippen LogP contribution in [0.3, 0.4) is 0 Å². The molecule has 0 bridgehead atoms. The molecule has 3 rings (SSSR count). The summed E-state index contributed by atoms with van der Waals surface area (Å²) in [6.45, 7) is 0. The minimum absolute atomic E-state index is 0.834. The maximum atomic E-state index is 5.83. The van der Waals surface area contributed by atoms with Crippen molar-refractivity contribution < 1.29 is 4.74 Å². The van der Waals surface area contributed by atoms with E-state index in [9.17, 15) is 0 Å². The maximum absolute atomic E-state index is 5.83. The number of rotatable bonds is 3. The Kier molecular flexibility index (Phi) is 3.28. The maximum Gasteiger partial charge on any atom is 0.128 e. The second-order valence-electron chi connectivity index (χ2n) is 4.22. The molecular formula is C18H13O. The van der Waals surface area contributed by atoms with Gasteiger partial charge in [0.25, 0.3) is 0 Å². The third-order valence-corrected chi connectivity index (χ3v) is 2.83. The van der Waals surface area contributed by atoms with Crippen LogP contribution in [0.25, 0.3) is 11.1 Å². The van der Waals surface area contributed by atoms with Crippen molar-refractivity contribution >= 4 is 0 Å². The van der Waals surface area contributed by atoms with Gasteiger partial charge in [0.15, 0.2) is 0 Å². The molecule has 0 aliphatic heterocycles. The fourth-order valence-electron chi connectivity index (χ4n) is 1.92. The molecule has 0 aliphatic carbocycles. The molecule has 0 heterocycles. The fourth-order valence-corrected chi connectivity index (χ4v) is 1.92. The standard InChI is InChI=1S/C18H13O/c1-3-8-15(9-4-1)16-10-7-13-18(14-16)19-17-11-5-2-6-12-17/h1-8,10-14H. The smallest absolute Gasteiger partial charge is 0.128 e. The molecule has 0 saturated carbocycles. The molecule has 91 valence electrons. The Morgan fingerprint density at radius 1 is 0.684 bits per heavy atom. The quantitative estimate of drug-likeness (QED) is 0.634. The van der Waals surface area contributed by atoms with Crippen LogP contribution in [-0.4, -0.2) is 0 Å². The fraction of sp³-hybridized carbons (Fsp3) is 0. The van der Waals surface area contributed by atoms with Crippen LogP contribution in [0.1, 0.15) is 0 Å². The van der Waals surface area contributed by atoms with Crippen LogP contribution in [0.15, 0.2) is 78.9 Å². The summed E-state index contributed by atoms with van der Waals surface area (Å²) in [6, 6.07) is 29.0. The van der Waals surface area contributed by atoms with Crippen LogP contribution >= 0.6 is 0 Å². The van der Waals surface area contributed by atoms with E-state index in [0.717, 1.165) is 22.6 Å². The van der Waals surface area contributed by atoms with Crippen LogP contribution in [0.5, 0.6) is 11.5 Å². The first-order valence-electron chi connectivity index (χ1n) is 6.22. The van der Waals surface area contributed by atoms with Gasteiger partial charge >= 0.3 is 0 Å². The molecule has 0 aromatic heterocycles. The van der Waals surface area contributed by atoms with E-state index in [1.807, 2.05) is 72.8 Å². The number of hydrogen-bond donors (Lipinski definition) is 0. The Morgan fingerprint density at radius 3 is 2.26 bits per heavy atom. The molecule has 3 aromatic carbocycles. The van der Waals surface area contributed by atoms with Gasteiger partial charge in [0, 0.05) is 0 Å². The molecule has 19 heavy (non-hydrogen) atoms. The Balaban J connectivity index is 1.89. The summed E-state index contributed by atoms with van der Waals surface area (Å²) in [4.78, 5) is 0. The van der Waals surface area contributed by atoms with Gasteiger partial charge in [0.05, 0.1) is 0 Å². The molecule has 0 atom stereocenters. The van der Waals surface area contributed by atoms with Gasteiger partial charge in [-0.25, -0.2) is 0 Å². The highest BCUT2D eigenvalue weighted by Crippen LogP contribution is 2.26. The van der Waals surface area contributed by atoms with E-state index in [4.69, 9.17) is 4.74 Å². The van der Waals surface area contributed by atoms with Crippen molar-refractivity contribution in [3.63, 3.8) is 0 Å². The van der Waals surface area contributed by atoms with E-state index in [0.29, 0.717) is 0 Å². The summed E-state index contributed by atoms with van der Waals surface area (Å²) in [6.07, 6.45) is 0. The SMILES string of the molecule is [c]1ccccc1-c1cccc(Oc2ccccc2)c1. The van der Waals surface area contributed by atoms with Gasteiger partial charge < -0.3 is 4.74 Å². The molecule has 0 unspecified atom stereocenters. The average Bonchev–Trinajstić information content (AvgIpc) is 2.49. The highest BCUT2D eigenvalue weighted by Gasteiger charge is 2.00. The van der Waals surface area contributed by atoms with Crippen molar-refractivity contribution in [3.8, 4) is 22.6 Å². The molecule has 0 aliphatic rings. The van der Waals surface area contributed by atoms with Crippen LogP contribution in [0, 0.1) is 6.07 Å². The van der Waals surface area contributed by atoms with E-state index in [1.54, 1.807) is 0 Å². The zero-order valence-electron chi connectivity index (χ0n) is 10.4. The Morgan fingerprint density at radius 2 is 1.47 bits per heavy atom. The summed E-state index contributed by atoms with van der Waals surface area (Å²) < 4.78 is 5.83. The van der Waals surface area contributed by atoms with Crippen LogP contribution < -0.4 is 4.74 Å². The van der Waals surface area contributed by atoms with Crippen LogP contribution in [0.2, 0.25) is 0 Å². The Hall–Kier alpha value is -2.54. The second-order valence-corrected chi connectivity index (χ2v) is 4.22. The van der Waals surface area contributed by atoms with E-state index in [1.165, 1.54) is 0 Å². The van der Waals surface area contributed by atoms with E-state index in [2.05, 4.69) is 12.1 Å². The molecule has 0 saturated heterocycles. The minimum atomic E-state index is 0.834. The van der Waals surface area contributed by atoms with E-state index in [-0.39, 0.29) is 0 Å². The van der Waals surface area contributed by atoms with Gasteiger partial charge in [-0.15, -0.1) is 0 Å². The van der Waals surface area contributed by atoms with Gasteiger partial charge in [-0.1, -0.05) is 54.6 Å². The van der Waals surface area contributed by atoms with Crippen molar-refractivity contribution in [2.45, 2.75) is 0 Å². The van der Waals surface area contributed by atoms with Gasteiger partial charge in [-0.2, -0.15) is 0 Å². The number of benzene rings is 3. The molecular weight excluding hydrogens is 232 g/mol. The summed E-state index contributed by atoms with van der Waals surface area (Å²) in [5, 5.41) is 0. The molecule has 1 nitrogen and oxygen atoms in total. The number of para-hydroxylation sites is 1. The van der Waals surface area contributed by atoms with Crippen molar-refractivity contribution in [2.75, 3.05) is 0 Å². The second kappa shape index (κ2) is 5.40. The zero-order valence-corrected chi connectivity index (χ0v) is 10.4. The van der Waals surface area contributed by atoms with Crippen molar-refractivity contribution in [2.24, 2.45) is 0 Å². The van der Waals surface area contributed by atoms with Crippen molar-refractivity contribution in [1.29, 1.82) is 0 Å². The molecule has 0 amide bonds. The number of ether oxygens (including phenoxy) is 1. The first kappa shape index (κ1) is 11.5. The Bertz CT molecular complexity index is 645. The number of hydrogen-bond acceptors (Lipinski definition) is 1. The lowest BCUT2D eigenvalue weighted by Crippen LogP contribution is -1.84. The first-order valence-corrected chi connectivity index (χ1v) is 6.22. The largest absolute Gasteiger partial charge is 0.457 e. The highest BCUT2D eigenvalue weighted by atomic mass is 16.5. The van der Waals surface area contributed by atoms with Crippen LogP contribution in [0.4, 0.5) is 0 Å². The molecule has 0 spiro atoms. The minimum Gasteiger partial charge on any atom is -0.457 e. The van der Waals surface area contributed by atoms with Gasteiger partial charge in [-0.05, 0) is 41.5 Å². The van der Waals surface area contributed by atoms with Gasteiger partial charge in [0.2, 0.25) is 0 Å². The Labute approximate surface area is 113 Å². The third-order valence-electron chi connectivity index (χ3n) is 2.83. The lowest BCUT2D eigenvalue weighted by atomic mass is 10.1. The first-order chi connectivity index (χ1) is 9.42. The van der Waals surface area contributed by atoms with Gasteiger partial charge in [-0.3, -0.25) is 0 Å². The normalized spacial score (nSPS) is 10.1. The summed E-state index contributed by atoms with van der Waals surface area (Å²) >= 11 is 0. The molecule has 1 radical (unpaired) electrons. The predicted octanol–water partition coefficient (Wildman–Crippen LogP) is 4.95. The monoisotopic (exact) mass is 245 g/mol. The van der Waals surface area contributed by atoms with Crippen molar-refractivity contribution in [1.82, 2.24) is 0 Å². The zero-order chi connectivity index (χ0) is 12.9. The summed E-state index contributed by atoms with van der Waals surface area (Å²) in [5.41, 5.74) is 2.18. The topological polar surface area (TPSA) is 9.23 Å².